The van der Waals surface area contributed by atoms with Crippen molar-refractivity contribution in [3.8, 4) is 0 Å². The Morgan fingerprint density at radius 3 is 2.39 bits per heavy atom. The number of morpholine rings is 1. The molecule has 0 saturated carbocycles. The van der Waals surface area contributed by atoms with Gasteiger partial charge in [0.15, 0.2) is 0 Å². The van der Waals surface area contributed by atoms with Crippen LogP contribution in [0.25, 0.3) is 0 Å². The Morgan fingerprint density at radius 1 is 1.03 bits per heavy atom. The van der Waals surface area contributed by atoms with Crippen LogP contribution in [0.4, 0.5) is 15.8 Å². The van der Waals surface area contributed by atoms with Crippen molar-refractivity contribution in [2.45, 2.75) is 19.3 Å². The van der Waals surface area contributed by atoms with Gasteiger partial charge in [0.2, 0.25) is 0 Å². The molecule has 2 aromatic rings. The third kappa shape index (κ3) is 6.09. The number of hydrogen-bond acceptors (Lipinski definition) is 5. The van der Waals surface area contributed by atoms with Crippen LogP contribution in [0, 0.1) is 11.7 Å². The molecule has 2 aliphatic rings. The largest absolute Gasteiger partial charge is 0.478 e. The highest BCUT2D eigenvalue weighted by Crippen LogP contribution is 2.30. The van der Waals surface area contributed by atoms with Gasteiger partial charge >= 0.3 is 5.97 Å². The van der Waals surface area contributed by atoms with E-state index in [1.165, 1.54) is 30.3 Å². The lowest BCUT2D eigenvalue weighted by Gasteiger charge is -2.35. The maximum Gasteiger partial charge on any atom is 0.337 e. The molecular formula is C25H30FN3O4. The van der Waals surface area contributed by atoms with E-state index in [-0.39, 0.29) is 5.56 Å². The van der Waals surface area contributed by atoms with E-state index in [0.29, 0.717) is 22.9 Å². The molecule has 2 fully saturated rings. The molecule has 0 aromatic heterocycles. The number of carboxylic acids is 1. The summed E-state index contributed by atoms with van der Waals surface area (Å²) in [6.07, 6.45) is 3.23. The molecule has 7 nitrogen and oxygen atoms in total. The predicted octanol–water partition coefficient (Wildman–Crippen LogP) is 3.71. The number of aromatic carboxylic acids is 1. The van der Waals surface area contributed by atoms with Crippen molar-refractivity contribution in [1.29, 1.82) is 0 Å². The number of carbonyl (C=O) groups is 2. The van der Waals surface area contributed by atoms with Crippen molar-refractivity contribution in [3.05, 3.63) is 59.4 Å². The molecule has 8 heteroatoms. The summed E-state index contributed by atoms with van der Waals surface area (Å²) >= 11 is 0. The molecule has 0 bridgehead atoms. The van der Waals surface area contributed by atoms with E-state index in [1.807, 2.05) is 0 Å². The predicted molar refractivity (Wildman–Crippen MR) is 125 cm³/mol. The third-order valence-corrected chi connectivity index (χ3v) is 6.50. The second kappa shape index (κ2) is 10.8. The minimum Gasteiger partial charge on any atom is -0.478 e. The van der Waals surface area contributed by atoms with E-state index in [2.05, 4.69) is 15.1 Å². The Kier molecular flexibility index (Phi) is 7.57. The number of benzene rings is 2. The summed E-state index contributed by atoms with van der Waals surface area (Å²) < 4.78 is 18.5. The zero-order valence-corrected chi connectivity index (χ0v) is 18.6. The van der Waals surface area contributed by atoms with E-state index < -0.39 is 17.7 Å². The van der Waals surface area contributed by atoms with Gasteiger partial charge in [-0.1, -0.05) is 0 Å². The second-order valence-electron chi connectivity index (χ2n) is 8.67. The first kappa shape index (κ1) is 23.2. The Hall–Kier alpha value is -2.97. The fourth-order valence-corrected chi connectivity index (χ4v) is 4.52. The van der Waals surface area contributed by atoms with E-state index in [0.717, 1.165) is 65.2 Å². The summed E-state index contributed by atoms with van der Waals surface area (Å²) in [7, 11) is 0. The maximum absolute atomic E-state index is 13.1. The first-order chi connectivity index (χ1) is 16.0. The summed E-state index contributed by atoms with van der Waals surface area (Å²) in [5, 5.41) is 12.5. The van der Waals surface area contributed by atoms with Gasteiger partial charge in [0.1, 0.15) is 5.82 Å². The molecule has 4 rings (SSSR count). The van der Waals surface area contributed by atoms with Crippen molar-refractivity contribution in [1.82, 2.24) is 4.90 Å². The highest BCUT2D eigenvalue weighted by Gasteiger charge is 2.24. The van der Waals surface area contributed by atoms with Crippen molar-refractivity contribution in [2.24, 2.45) is 5.92 Å². The number of carboxylic acid groups (broad SMARTS) is 1. The lowest BCUT2D eigenvalue weighted by molar-refractivity contribution is 0.0349. The maximum atomic E-state index is 13.1. The van der Waals surface area contributed by atoms with Gasteiger partial charge in [-0.25, -0.2) is 9.18 Å². The molecule has 0 atom stereocenters. The molecule has 0 aliphatic carbocycles. The molecule has 2 N–H and O–H groups in total. The van der Waals surface area contributed by atoms with Crippen LogP contribution in [0.5, 0.6) is 0 Å². The lowest BCUT2D eigenvalue weighted by atomic mass is 9.92. The first-order valence-electron chi connectivity index (χ1n) is 11.5. The average Bonchev–Trinajstić information content (AvgIpc) is 2.84. The van der Waals surface area contributed by atoms with Gasteiger partial charge < -0.3 is 20.1 Å². The van der Waals surface area contributed by atoms with Gasteiger partial charge in [-0.2, -0.15) is 0 Å². The molecule has 1 amide bonds. The van der Waals surface area contributed by atoms with Crippen LogP contribution in [-0.2, 0) is 4.74 Å². The SMILES string of the molecule is O=C(Nc1ccc(N2CCC(CCN3CCOCC3)CC2)c(C(=O)O)c1)c1ccc(F)cc1. The lowest BCUT2D eigenvalue weighted by Crippen LogP contribution is -2.39. The number of hydrogen-bond donors (Lipinski definition) is 2. The van der Waals surface area contributed by atoms with Crippen LogP contribution in [0.1, 0.15) is 40.0 Å². The van der Waals surface area contributed by atoms with Gasteiger partial charge in [-0.3, -0.25) is 9.69 Å². The normalized spacial score (nSPS) is 17.7. The zero-order chi connectivity index (χ0) is 23.2. The molecule has 2 saturated heterocycles. The average molecular weight is 456 g/mol. The number of piperidine rings is 1. The van der Waals surface area contributed by atoms with Crippen molar-refractivity contribution >= 4 is 23.3 Å². The van der Waals surface area contributed by atoms with Crippen LogP contribution >= 0.6 is 0 Å². The minimum absolute atomic E-state index is 0.165. The number of nitrogens with one attached hydrogen (secondary N) is 1. The number of anilines is 2. The third-order valence-electron chi connectivity index (χ3n) is 6.50. The van der Waals surface area contributed by atoms with E-state index in [9.17, 15) is 19.1 Å². The zero-order valence-electron chi connectivity index (χ0n) is 18.6. The van der Waals surface area contributed by atoms with Gasteiger partial charge in [-0.15, -0.1) is 0 Å². The van der Waals surface area contributed by atoms with Gasteiger partial charge in [0, 0.05) is 37.4 Å². The number of ether oxygens (including phenoxy) is 1. The molecule has 2 aliphatic heterocycles. The topological polar surface area (TPSA) is 82.1 Å². The molecule has 176 valence electrons. The molecule has 0 radical (unpaired) electrons. The smallest absolute Gasteiger partial charge is 0.337 e. The van der Waals surface area contributed by atoms with E-state index in [4.69, 9.17) is 4.74 Å². The first-order valence-corrected chi connectivity index (χ1v) is 11.5. The van der Waals surface area contributed by atoms with Gasteiger partial charge in [0.25, 0.3) is 5.91 Å². The minimum atomic E-state index is -1.03. The fraction of sp³-hybridized carbons (Fsp3) is 0.440. The quantitative estimate of drug-likeness (QED) is 0.662. The van der Waals surface area contributed by atoms with Crippen LogP contribution in [0.15, 0.2) is 42.5 Å². The molecular weight excluding hydrogens is 425 g/mol. The van der Waals surface area contributed by atoms with Crippen molar-refractivity contribution in [3.63, 3.8) is 0 Å². The van der Waals surface area contributed by atoms with Crippen molar-refractivity contribution < 1.29 is 23.8 Å². The molecule has 33 heavy (non-hydrogen) atoms. The number of nitrogens with zero attached hydrogens (tertiary/aromatic N) is 2. The van der Waals surface area contributed by atoms with Crippen LogP contribution in [-0.4, -0.2) is 67.8 Å². The van der Waals surface area contributed by atoms with Crippen molar-refractivity contribution in [2.75, 3.05) is 56.2 Å². The molecule has 2 aromatic carbocycles. The summed E-state index contributed by atoms with van der Waals surface area (Å²) in [5.74, 6) is -1.22. The fourth-order valence-electron chi connectivity index (χ4n) is 4.52. The van der Waals surface area contributed by atoms with E-state index in [1.54, 1.807) is 12.1 Å². The van der Waals surface area contributed by atoms with Crippen LogP contribution < -0.4 is 10.2 Å². The number of amides is 1. The Bertz CT molecular complexity index is 968. The number of carbonyl (C=O) groups excluding carboxylic acids is 1. The van der Waals surface area contributed by atoms with E-state index >= 15 is 0 Å². The summed E-state index contributed by atoms with van der Waals surface area (Å²) in [5.41, 5.74) is 1.54. The number of halogens is 1. The standard InChI is InChI=1S/C25H30FN3O4/c26-20-3-1-19(2-4-20)24(30)27-21-5-6-23(22(17-21)25(31)32)29-11-8-18(9-12-29)7-10-28-13-15-33-16-14-28/h1-6,17-18H,7-16H2,(H,27,30)(H,31,32). The Labute approximate surface area is 193 Å². The summed E-state index contributed by atoms with van der Waals surface area (Å²) in [6.45, 7) is 6.37. The highest BCUT2D eigenvalue weighted by atomic mass is 19.1. The summed E-state index contributed by atoms with van der Waals surface area (Å²) in [4.78, 5) is 28.9. The monoisotopic (exact) mass is 455 g/mol. The molecule has 0 spiro atoms. The number of rotatable bonds is 7. The van der Waals surface area contributed by atoms with Crippen LogP contribution in [0.2, 0.25) is 0 Å². The molecule has 0 unspecified atom stereocenters. The Balaban J connectivity index is 1.36. The Morgan fingerprint density at radius 2 is 1.73 bits per heavy atom. The second-order valence-corrected chi connectivity index (χ2v) is 8.67. The molecule has 2 heterocycles. The van der Waals surface area contributed by atoms with Crippen LogP contribution in [0.3, 0.4) is 0 Å². The summed E-state index contributed by atoms with van der Waals surface area (Å²) in [6, 6.07) is 10.2. The van der Waals surface area contributed by atoms with Gasteiger partial charge in [-0.05, 0) is 74.2 Å². The van der Waals surface area contributed by atoms with Gasteiger partial charge in [0.05, 0.1) is 24.5 Å². The highest BCUT2D eigenvalue weighted by molar-refractivity contribution is 6.05.